The highest BCUT2D eigenvalue weighted by molar-refractivity contribution is 7.85. The van der Waals surface area contributed by atoms with Gasteiger partial charge in [0, 0.05) is 19.6 Å². The normalized spacial score (nSPS) is 24.2. The van der Waals surface area contributed by atoms with E-state index in [-0.39, 0.29) is 32.4 Å². The summed E-state index contributed by atoms with van der Waals surface area (Å²) in [6.45, 7) is -0.202. The molecule has 6 unspecified atom stereocenters. The van der Waals surface area contributed by atoms with E-state index in [2.05, 4.69) is 31.6 Å². The van der Waals surface area contributed by atoms with Gasteiger partial charge in [-0.15, -0.1) is 0 Å². The van der Waals surface area contributed by atoms with Crippen LogP contribution >= 0.6 is 39.1 Å². The molecule has 0 aromatic carbocycles. The number of ether oxygens (including phenoxy) is 1. The number of ketones is 1. The lowest BCUT2D eigenvalue weighted by Gasteiger charge is -2.21. The standard InChI is InChI=1S/C17H36NO23P5S/c1-13(19)10-14(12-47(32,33)34)17(21)18-7-4-2-3-5-8-36-42(22,23)38-44(26,27)40-46(30,31)41-45(28,29)39-43(24,25)37-11-16-15(20)6-9-35-16/h14-16,20H,2-12H2,1H3,(H,18,21)(H,22,23)(H,24,25)(H,26,27)(H,28,29)(H,30,31)(H,32,33,34)/t14?,15-,16-/m1/s1. The second kappa shape index (κ2) is 18.8. The molecule has 0 saturated carbocycles. The minimum Gasteiger partial charge on any atom is -0.390 e. The minimum atomic E-state index is -6.24. The second-order valence-corrected chi connectivity index (χ2v) is 18.9. The number of hydrogen-bond acceptors (Lipinski definition) is 17. The number of aliphatic hydroxyl groups is 1. The van der Waals surface area contributed by atoms with Gasteiger partial charge in [-0.25, -0.2) is 22.8 Å². The van der Waals surface area contributed by atoms with Gasteiger partial charge >= 0.3 is 39.1 Å². The Morgan fingerprint density at radius 1 is 0.830 bits per heavy atom. The zero-order chi connectivity index (χ0) is 36.3. The molecule has 0 aromatic rings. The summed E-state index contributed by atoms with van der Waals surface area (Å²) in [5, 5.41) is 12.0. The highest BCUT2D eigenvalue weighted by atomic mass is 32.2. The van der Waals surface area contributed by atoms with Crippen molar-refractivity contribution in [3.05, 3.63) is 0 Å². The number of Topliss-reactive ketones (excluding diaryl/α,β-unsaturated/α-hetero) is 1. The number of phosphoric acid groups is 5. The van der Waals surface area contributed by atoms with Gasteiger partial charge in [-0.3, -0.25) is 18.4 Å². The van der Waals surface area contributed by atoms with Gasteiger partial charge in [0.15, 0.2) is 0 Å². The summed E-state index contributed by atoms with van der Waals surface area (Å²) < 4.78 is 119. The Morgan fingerprint density at radius 3 is 1.79 bits per heavy atom. The summed E-state index contributed by atoms with van der Waals surface area (Å²) in [5.74, 6) is -3.50. The average molecular weight is 809 g/mol. The Bertz CT molecular complexity index is 1420. The maximum absolute atomic E-state index is 12.1. The lowest BCUT2D eigenvalue weighted by Crippen LogP contribution is -2.36. The van der Waals surface area contributed by atoms with E-state index in [1.165, 1.54) is 0 Å². The number of unbranched alkanes of at least 4 members (excludes halogenated alkanes) is 3. The van der Waals surface area contributed by atoms with Gasteiger partial charge in [0.2, 0.25) is 5.91 Å². The summed E-state index contributed by atoms with van der Waals surface area (Å²) in [6.07, 6.45) is -1.57. The Hall–Kier alpha value is -0.320. The van der Waals surface area contributed by atoms with Crippen LogP contribution in [0, 0.1) is 5.92 Å². The van der Waals surface area contributed by atoms with Crippen LogP contribution in [-0.2, 0) is 73.6 Å². The van der Waals surface area contributed by atoms with Crippen molar-refractivity contribution in [1.82, 2.24) is 5.32 Å². The highest BCUT2D eigenvalue weighted by Gasteiger charge is 2.48. The van der Waals surface area contributed by atoms with Gasteiger partial charge in [0.1, 0.15) is 11.9 Å². The fraction of sp³-hybridized carbons (Fsp3) is 0.882. The molecule has 24 nitrogen and oxygen atoms in total. The summed E-state index contributed by atoms with van der Waals surface area (Å²) >= 11 is 0. The first-order valence-corrected chi connectivity index (χ1v) is 22.1. The largest absolute Gasteiger partial charge is 0.490 e. The number of carbonyl (C=O) groups is 2. The summed E-state index contributed by atoms with van der Waals surface area (Å²) in [4.78, 5) is 71.1. The third kappa shape index (κ3) is 20.8. The van der Waals surface area contributed by atoms with Crippen LogP contribution in [0.2, 0.25) is 0 Å². The van der Waals surface area contributed by atoms with E-state index in [0.29, 0.717) is 12.8 Å². The Labute approximate surface area is 267 Å². The number of aliphatic hydroxyl groups excluding tert-OH is 1. The Morgan fingerprint density at radius 2 is 1.32 bits per heavy atom. The lowest BCUT2D eigenvalue weighted by molar-refractivity contribution is -0.128. The fourth-order valence-corrected chi connectivity index (χ4v) is 10.7. The van der Waals surface area contributed by atoms with E-state index >= 15 is 0 Å². The predicted molar refractivity (Wildman–Crippen MR) is 152 cm³/mol. The topological polar surface area (TPSA) is 372 Å². The van der Waals surface area contributed by atoms with E-state index in [9.17, 15) is 70.4 Å². The summed E-state index contributed by atoms with van der Waals surface area (Å²) in [5.41, 5.74) is 0. The van der Waals surface area contributed by atoms with E-state index in [0.717, 1.165) is 6.92 Å². The molecule has 1 rings (SSSR count). The van der Waals surface area contributed by atoms with Crippen molar-refractivity contribution in [3.8, 4) is 0 Å². The first kappa shape index (κ1) is 44.7. The van der Waals surface area contributed by atoms with Gasteiger partial charge in [-0.05, 0) is 26.2 Å². The maximum Gasteiger partial charge on any atom is 0.490 e. The summed E-state index contributed by atoms with van der Waals surface area (Å²) in [6, 6.07) is 0. The van der Waals surface area contributed by atoms with E-state index in [4.69, 9.17) is 9.29 Å². The maximum atomic E-state index is 12.1. The molecule has 1 fully saturated rings. The molecular formula is C17H36NO23P5S. The number of rotatable bonds is 24. The molecule has 278 valence electrons. The SMILES string of the molecule is CC(=O)CC(CS(=O)(=O)O)C(=O)NCCCCCCOP(=O)(O)OP(=O)(O)OP(=O)(O)OP(=O)(O)OP(=O)(O)OC[C@H]1OCC[C@H]1O. The first-order chi connectivity index (χ1) is 21.2. The molecule has 8 atom stereocenters. The molecule has 1 aliphatic rings. The zero-order valence-corrected chi connectivity index (χ0v) is 29.6. The monoisotopic (exact) mass is 809 g/mol. The smallest absolute Gasteiger partial charge is 0.390 e. The van der Waals surface area contributed by atoms with Crippen LogP contribution in [0.5, 0.6) is 0 Å². The van der Waals surface area contributed by atoms with Crippen LogP contribution in [0.4, 0.5) is 0 Å². The number of phosphoric ester groups is 2. The van der Waals surface area contributed by atoms with Crippen LogP contribution < -0.4 is 5.32 Å². The number of amides is 1. The molecule has 0 aromatic heterocycles. The molecule has 0 bridgehead atoms. The number of hydrogen-bond donors (Lipinski definition) is 8. The molecule has 1 aliphatic heterocycles. The van der Waals surface area contributed by atoms with E-state index in [1.54, 1.807) is 0 Å². The van der Waals surface area contributed by atoms with Crippen molar-refractivity contribution in [2.75, 3.05) is 32.1 Å². The van der Waals surface area contributed by atoms with Crippen molar-refractivity contribution in [2.45, 2.75) is 57.7 Å². The van der Waals surface area contributed by atoms with E-state index in [1.807, 2.05) is 0 Å². The third-order valence-corrected chi connectivity index (χ3v) is 13.8. The van der Waals surface area contributed by atoms with Crippen molar-refractivity contribution in [3.63, 3.8) is 0 Å². The molecule has 0 spiro atoms. The zero-order valence-electron chi connectivity index (χ0n) is 24.3. The Kier molecular flexibility index (Phi) is 17.9. The summed E-state index contributed by atoms with van der Waals surface area (Å²) in [7, 11) is -34.0. The lowest BCUT2D eigenvalue weighted by atomic mass is 10.0. The van der Waals surface area contributed by atoms with Crippen LogP contribution in [0.3, 0.4) is 0 Å². The second-order valence-electron chi connectivity index (χ2n) is 9.62. The third-order valence-electron chi connectivity index (χ3n) is 5.34. The van der Waals surface area contributed by atoms with Crippen molar-refractivity contribution < 1.29 is 106 Å². The van der Waals surface area contributed by atoms with Crippen LogP contribution in [-0.4, -0.2) is 98.6 Å². The predicted octanol–water partition coefficient (Wildman–Crippen LogP) is 0.897. The number of nitrogens with one attached hydrogen (secondary N) is 1. The van der Waals surface area contributed by atoms with Gasteiger partial charge in [-0.2, -0.15) is 25.7 Å². The molecule has 1 amide bonds. The van der Waals surface area contributed by atoms with Crippen LogP contribution in [0.15, 0.2) is 0 Å². The average Bonchev–Trinajstić information content (AvgIpc) is 3.24. The van der Waals surface area contributed by atoms with Crippen molar-refractivity contribution in [2.24, 2.45) is 5.92 Å². The van der Waals surface area contributed by atoms with E-state index < -0.39 is 104 Å². The van der Waals surface area contributed by atoms with Crippen molar-refractivity contribution in [1.29, 1.82) is 0 Å². The van der Waals surface area contributed by atoms with Crippen LogP contribution in [0.25, 0.3) is 0 Å². The van der Waals surface area contributed by atoms with Crippen molar-refractivity contribution >= 4 is 60.9 Å². The Balaban J connectivity index is 2.46. The quantitative estimate of drug-likeness (QED) is 0.0381. The molecule has 0 radical (unpaired) electrons. The fourth-order valence-electron chi connectivity index (χ4n) is 3.52. The molecular weight excluding hydrogens is 773 g/mol. The van der Waals surface area contributed by atoms with Gasteiger partial charge in [0.25, 0.3) is 10.1 Å². The number of carbonyl (C=O) groups excluding carboxylic acids is 2. The highest BCUT2D eigenvalue weighted by Crippen LogP contribution is 2.73. The molecule has 0 aliphatic carbocycles. The molecule has 30 heteroatoms. The molecule has 1 heterocycles. The van der Waals surface area contributed by atoms with Gasteiger partial charge in [0.05, 0.1) is 31.0 Å². The van der Waals surface area contributed by atoms with Gasteiger partial charge < -0.3 is 44.4 Å². The van der Waals surface area contributed by atoms with Gasteiger partial charge in [-0.1, -0.05) is 12.8 Å². The first-order valence-electron chi connectivity index (χ1n) is 13.0. The molecule has 1 saturated heterocycles. The van der Waals surface area contributed by atoms with Crippen LogP contribution in [0.1, 0.15) is 45.4 Å². The minimum absolute atomic E-state index is 0.00984. The molecule has 47 heavy (non-hydrogen) atoms. The molecule has 8 N–H and O–H groups in total.